The topological polar surface area (TPSA) is 58.6 Å². The molecule has 0 aliphatic carbocycles. The summed E-state index contributed by atoms with van der Waals surface area (Å²) in [5.74, 6) is 1.01. The third-order valence-corrected chi connectivity index (χ3v) is 7.57. The van der Waals surface area contributed by atoms with Gasteiger partial charge in [-0.3, -0.25) is 0 Å². The van der Waals surface area contributed by atoms with Crippen LogP contribution in [0, 0.1) is 0 Å². The summed E-state index contributed by atoms with van der Waals surface area (Å²) in [6, 6.07) is 24.5. The van der Waals surface area contributed by atoms with Crippen LogP contribution in [0.15, 0.2) is 90.1 Å². The van der Waals surface area contributed by atoms with Crippen molar-refractivity contribution < 1.29 is 22.7 Å². The molecule has 0 spiro atoms. The molecular formula is C30H27F3N4O2S. The van der Waals surface area contributed by atoms with Crippen molar-refractivity contribution in [3.8, 4) is 11.3 Å². The van der Waals surface area contributed by atoms with Gasteiger partial charge in [-0.25, -0.2) is 14.8 Å². The van der Waals surface area contributed by atoms with Crippen molar-refractivity contribution in [2.45, 2.75) is 17.1 Å². The van der Waals surface area contributed by atoms with E-state index < -0.39 is 11.7 Å². The molecule has 10 heteroatoms. The van der Waals surface area contributed by atoms with Crippen LogP contribution in [0.1, 0.15) is 21.5 Å². The number of esters is 1. The van der Waals surface area contributed by atoms with Crippen LogP contribution in [0.3, 0.4) is 0 Å². The highest BCUT2D eigenvalue weighted by molar-refractivity contribution is 7.98. The van der Waals surface area contributed by atoms with E-state index in [9.17, 15) is 18.0 Å². The van der Waals surface area contributed by atoms with Gasteiger partial charge in [0.1, 0.15) is 5.82 Å². The fraction of sp³-hybridized carbons (Fsp3) is 0.233. The van der Waals surface area contributed by atoms with E-state index in [4.69, 9.17) is 14.7 Å². The molecule has 0 saturated carbocycles. The fourth-order valence-electron chi connectivity index (χ4n) is 4.47. The lowest BCUT2D eigenvalue weighted by molar-refractivity contribution is -0.137. The van der Waals surface area contributed by atoms with Crippen molar-refractivity contribution in [3.63, 3.8) is 0 Å². The summed E-state index contributed by atoms with van der Waals surface area (Å²) in [4.78, 5) is 25.5. The molecule has 0 unspecified atom stereocenters. The Labute approximate surface area is 234 Å². The van der Waals surface area contributed by atoms with E-state index in [1.54, 1.807) is 18.2 Å². The second-order valence-electron chi connectivity index (χ2n) is 9.26. The Morgan fingerprint density at radius 1 is 0.875 bits per heavy atom. The van der Waals surface area contributed by atoms with E-state index in [0.29, 0.717) is 48.3 Å². The Balaban J connectivity index is 1.33. The maximum atomic E-state index is 13.2. The SMILES string of the molecule is COC(=O)c1ccc(CSc2nc(-c3ccccc3)cc(N3CCN(c4cccc(C(F)(F)F)c4)CC3)n2)cc1. The molecule has 1 fully saturated rings. The van der Waals surface area contributed by atoms with Gasteiger partial charge in [0.25, 0.3) is 0 Å². The van der Waals surface area contributed by atoms with Gasteiger partial charge < -0.3 is 14.5 Å². The molecule has 3 aromatic carbocycles. The number of hydrogen-bond acceptors (Lipinski definition) is 7. The van der Waals surface area contributed by atoms with Crippen LogP contribution in [0.2, 0.25) is 0 Å². The first kappa shape index (κ1) is 27.5. The van der Waals surface area contributed by atoms with Crippen LogP contribution in [0.4, 0.5) is 24.7 Å². The molecule has 206 valence electrons. The van der Waals surface area contributed by atoms with Gasteiger partial charge >= 0.3 is 12.1 Å². The molecule has 0 amide bonds. The zero-order valence-corrected chi connectivity index (χ0v) is 22.6. The normalized spacial score (nSPS) is 13.8. The number of thioether (sulfide) groups is 1. The molecule has 6 nitrogen and oxygen atoms in total. The van der Waals surface area contributed by atoms with Gasteiger partial charge in [-0.1, -0.05) is 60.3 Å². The second kappa shape index (κ2) is 12.0. The molecule has 0 bridgehead atoms. The molecule has 4 aromatic rings. The minimum absolute atomic E-state index is 0.379. The molecule has 2 heterocycles. The standard InChI is InChI=1S/C30H27F3N4O2S/c1-39-28(38)23-12-10-21(11-13-23)20-40-29-34-26(22-6-3-2-4-7-22)19-27(35-29)37-16-14-36(15-17-37)25-9-5-8-24(18-25)30(31,32)33/h2-13,18-19H,14-17,20H2,1H3. The molecule has 5 rings (SSSR count). The third-order valence-electron chi connectivity index (χ3n) is 6.65. The van der Waals surface area contributed by atoms with Gasteiger partial charge in [-0.05, 0) is 35.9 Å². The highest BCUT2D eigenvalue weighted by Crippen LogP contribution is 2.33. The lowest BCUT2D eigenvalue weighted by atomic mass is 10.1. The van der Waals surface area contributed by atoms with Crippen molar-refractivity contribution in [1.82, 2.24) is 9.97 Å². The van der Waals surface area contributed by atoms with Crippen LogP contribution in [-0.2, 0) is 16.7 Å². The summed E-state index contributed by atoms with van der Waals surface area (Å²) < 4.78 is 44.4. The number of carbonyl (C=O) groups is 1. The summed E-state index contributed by atoms with van der Waals surface area (Å²) >= 11 is 1.50. The van der Waals surface area contributed by atoms with E-state index in [1.807, 2.05) is 53.4 Å². The minimum atomic E-state index is -4.37. The van der Waals surface area contributed by atoms with E-state index in [1.165, 1.54) is 31.0 Å². The number of rotatable bonds is 7. The maximum absolute atomic E-state index is 13.2. The molecule has 40 heavy (non-hydrogen) atoms. The second-order valence-corrected chi connectivity index (χ2v) is 10.2. The van der Waals surface area contributed by atoms with Crippen LogP contribution < -0.4 is 9.80 Å². The Morgan fingerprint density at radius 2 is 1.57 bits per heavy atom. The summed E-state index contributed by atoms with van der Waals surface area (Å²) in [6.45, 7) is 2.36. The van der Waals surface area contributed by atoms with Gasteiger partial charge in [-0.15, -0.1) is 0 Å². The summed E-state index contributed by atoms with van der Waals surface area (Å²) in [7, 11) is 1.35. The van der Waals surface area contributed by atoms with E-state index in [0.717, 1.165) is 28.7 Å². The molecule has 1 aliphatic heterocycles. The third kappa shape index (κ3) is 6.56. The van der Waals surface area contributed by atoms with Gasteiger partial charge in [-0.2, -0.15) is 13.2 Å². The summed E-state index contributed by atoms with van der Waals surface area (Å²) in [6.07, 6.45) is -4.37. The maximum Gasteiger partial charge on any atom is 0.416 e. The molecule has 1 aromatic heterocycles. The number of hydrogen-bond donors (Lipinski definition) is 0. The number of methoxy groups -OCH3 is 1. The van der Waals surface area contributed by atoms with E-state index >= 15 is 0 Å². The van der Waals surface area contributed by atoms with Crippen LogP contribution in [0.25, 0.3) is 11.3 Å². The molecule has 0 atom stereocenters. The van der Waals surface area contributed by atoms with Gasteiger partial charge in [0, 0.05) is 49.2 Å². The molecular weight excluding hydrogens is 537 g/mol. The minimum Gasteiger partial charge on any atom is -0.465 e. The van der Waals surface area contributed by atoms with Gasteiger partial charge in [0.2, 0.25) is 0 Å². The first-order chi connectivity index (χ1) is 19.3. The predicted molar refractivity (Wildman–Crippen MR) is 151 cm³/mol. The highest BCUT2D eigenvalue weighted by Gasteiger charge is 2.31. The van der Waals surface area contributed by atoms with Crippen molar-refractivity contribution >= 4 is 29.2 Å². The number of halogens is 3. The smallest absolute Gasteiger partial charge is 0.416 e. The molecule has 0 radical (unpaired) electrons. The number of aromatic nitrogens is 2. The van der Waals surface area contributed by atoms with Gasteiger partial charge in [0.15, 0.2) is 5.16 Å². The lowest BCUT2D eigenvalue weighted by Gasteiger charge is -2.37. The van der Waals surface area contributed by atoms with Gasteiger partial charge in [0.05, 0.1) is 23.9 Å². The number of ether oxygens (including phenoxy) is 1. The van der Waals surface area contributed by atoms with Crippen molar-refractivity contribution in [1.29, 1.82) is 0 Å². The fourth-order valence-corrected chi connectivity index (χ4v) is 5.28. The van der Waals surface area contributed by atoms with Crippen LogP contribution in [-0.4, -0.2) is 49.2 Å². The average Bonchev–Trinajstić information content (AvgIpc) is 3.00. The zero-order chi connectivity index (χ0) is 28.1. The predicted octanol–water partition coefficient (Wildman–Crippen LogP) is 6.57. The lowest BCUT2D eigenvalue weighted by Crippen LogP contribution is -2.47. The van der Waals surface area contributed by atoms with E-state index in [-0.39, 0.29) is 5.97 Å². The molecule has 1 aliphatic rings. The van der Waals surface area contributed by atoms with Crippen molar-refractivity contribution in [2.24, 2.45) is 0 Å². The summed E-state index contributed by atoms with van der Waals surface area (Å²) in [5.41, 5.74) is 3.20. The number of nitrogens with zero attached hydrogens (tertiary/aromatic N) is 4. The van der Waals surface area contributed by atoms with E-state index in [2.05, 4.69) is 4.90 Å². The highest BCUT2D eigenvalue weighted by atomic mass is 32.2. The average molecular weight is 565 g/mol. The van der Waals surface area contributed by atoms with Crippen molar-refractivity contribution in [3.05, 3.63) is 102 Å². The Bertz CT molecular complexity index is 1460. The zero-order valence-electron chi connectivity index (χ0n) is 21.8. The quantitative estimate of drug-likeness (QED) is 0.143. The number of piperazine rings is 1. The number of carbonyl (C=O) groups excluding carboxylic acids is 1. The largest absolute Gasteiger partial charge is 0.465 e. The first-order valence-corrected chi connectivity index (χ1v) is 13.7. The first-order valence-electron chi connectivity index (χ1n) is 12.7. The molecule has 1 saturated heterocycles. The Kier molecular flexibility index (Phi) is 8.25. The van der Waals surface area contributed by atoms with Crippen molar-refractivity contribution in [2.75, 3.05) is 43.1 Å². The van der Waals surface area contributed by atoms with Crippen LogP contribution in [0.5, 0.6) is 0 Å². The molecule has 0 N–H and O–H groups in total. The van der Waals surface area contributed by atoms with Crippen LogP contribution >= 0.6 is 11.8 Å². The monoisotopic (exact) mass is 564 g/mol. The number of benzene rings is 3. The number of alkyl halides is 3. The Hall–Kier alpha value is -4.05. The Morgan fingerprint density at radius 3 is 2.25 bits per heavy atom. The summed E-state index contributed by atoms with van der Waals surface area (Å²) in [5, 5.41) is 0.619. The number of anilines is 2.